The smallest absolute Gasteiger partial charge is 0.252 e. The van der Waals surface area contributed by atoms with Crippen LogP contribution < -0.4 is 10.6 Å². The van der Waals surface area contributed by atoms with Crippen LogP contribution in [0, 0.1) is 0 Å². The lowest BCUT2D eigenvalue weighted by atomic mass is 9.96. The minimum atomic E-state index is -0.464. The number of rotatable bonds is 3. The van der Waals surface area contributed by atoms with Gasteiger partial charge in [0.2, 0.25) is 5.91 Å². The molecule has 1 aromatic heterocycles. The first kappa shape index (κ1) is 15.4. The number of carbonyl (C=O) groups is 2. The van der Waals surface area contributed by atoms with E-state index in [1.807, 2.05) is 36.5 Å². The van der Waals surface area contributed by atoms with Crippen molar-refractivity contribution >= 4 is 22.6 Å². The SMILES string of the molecule is O=C(NC1CCCNC1=O)c1ccc(-c2cn[nH]c2)c2ccccc12. The fourth-order valence-electron chi connectivity index (χ4n) is 3.29. The molecule has 25 heavy (non-hydrogen) atoms. The monoisotopic (exact) mass is 334 g/mol. The predicted molar refractivity (Wildman–Crippen MR) is 95.0 cm³/mol. The van der Waals surface area contributed by atoms with Crippen LogP contribution in [0.2, 0.25) is 0 Å². The van der Waals surface area contributed by atoms with E-state index in [9.17, 15) is 9.59 Å². The summed E-state index contributed by atoms with van der Waals surface area (Å²) in [6.45, 7) is 0.674. The van der Waals surface area contributed by atoms with Crippen molar-refractivity contribution in [3.63, 3.8) is 0 Å². The molecule has 4 rings (SSSR count). The van der Waals surface area contributed by atoms with Gasteiger partial charge in [-0.1, -0.05) is 30.3 Å². The summed E-state index contributed by atoms with van der Waals surface area (Å²) in [5, 5.41) is 14.3. The second-order valence-corrected chi connectivity index (χ2v) is 6.15. The van der Waals surface area contributed by atoms with Crippen molar-refractivity contribution in [2.24, 2.45) is 0 Å². The number of benzene rings is 2. The topological polar surface area (TPSA) is 86.9 Å². The molecule has 0 saturated carbocycles. The van der Waals surface area contributed by atoms with Gasteiger partial charge in [-0.2, -0.15) is 5.10 Å². The van der Waals surface area contributed by atoms with E-state index in [-0.39, 0.29) is 11.8 Å². The molecule has 6 heteroatoms. The minimum absolute atomic E-state index is 0.112. The van der Waals surface area contributed by atoms with E-state index in [2.05, 4.69) is 20.8 Å². The predicted octanol–water partition coefficient (Wildman–Crippen LogP) is 2.24. The number of hydrogen-bond donors (Lipinski definition) is 3. The summed E-state index contributed by atoms with van der Waals surface area (Å²) in [4.78, 5) is 24.7. The number of aromatic amines is 1. The number of piperidine rings is 1. The van der Waals surface area contributed by atoms with Crippen LogP contribution in [0.1, 0.15) is 23.2 Å². The van der Waals surface area contributed by atoms with Gasteiger partial charge < -0.3 is 10.6 Å². The lowest BCUT2D eigenvalue weighted by Crippen LogP contribution is -2.50. The maximum Gasteiger partial charge on any atom is 0.252 e. The first-order valence-electron chi connectivity index (χ1n) is 8.33. The van der Waals surface area contributed by atoms with Crippen LogP contribution in [0.25, 0.3) is 21.9 Å². The van der Waals surface area contributed by atoms with E-state index in [1.54, 1.807) is 12.3 Å². The summed E-state index contributed by atoms with van der Waals surface area (Å²) in [6, 6.07) is 11.0. The number of hydrogen-bond acceptors (Lipinski definition) is 3. The fourth-order valence-corrected chi connectivity index (χ4v) is 3.29. The second kappa shape index (κ2) is 6.39. The molecule has 2 heterocycles. The van der Waals surface area contributed by atoms with Crippen LogP contribution >= 0.6 is 0 Å². The third kappa shape index (κ3) is 2.87. The molecule has 0 radical (unpaired) electrons. The standard InChI is InChI=1S/C19H18N4O2/c24-18(23-17-6-3-9-20-19(17)25)16-8-7-13(12-10-21-22-11-12)14-4-1-2-5-15(14)16/h1-2,4-5,7-8,10-11,17H,3,6,9H2,(H,20,25)(H,21,22)(H,23,24). The minimum Gasteiger partial charge on any atom is -0.354 e. The molecule has 3 aromatic rings. The maximum atomic E-state index is 12.8. The summed E-state index contributed by atoms with van der Waals surface area (Å²) < 4.78 is 0. The molecule has 2 aromatic carbocycles. The zero-order chi connectivity index (χ0) is 17.2. The van der Waals surface area contributed by atoms with Gasteiger partial charge in [0.25, 0.3) is 5.91 Å². The first-order chi connectivity index (χ1) is 12.2. The molecule has 0 aliphatic carbocycles. The van der Waals surface area contributed by atoms with Gasteiger partial charge in [0.15, 0.2) is 0 Å². The van der Waals surface area contributed by atoms with Gasteiger partial charge >= 0.3 is 0 Å². The van der Waals surface area contributed by atoms with Gasteiger partial charge in [-0.15, -0.1) is 0 Å². The molecule has 1 saturated heterocycles. The van der Waals surface area contributed by atoms with E-state index in [0.29, 0.717) is 18.5 Å². The van der Waals surface area contributed by atoms with Crippen molar-refractivity contribution in [3.8, 4) is 11.1 Å². The van der Waals surface area contributed by atoms with Gasteiger partial charge in [0, 0.05) is 23.9 Å². The van der Waals surface area contributed by atoms with E-state index in [4.69, 9.17) is 0 Å². The quantitative estimate of drug-likeness (QED) is 0.686. The largest absolute Gasteiger partial charge is 0.354 e. The number of amides is 2. The Hall–Kier alpha value is -3.15. The molecular formula is C19H18N4O2. The second-order valence-electron chi connectivity index (χ2n) is 6.15. The van der Waals surface area contributed by atoms with Crippen LogP contribution in [-0.4, -0.2) is 34.6 Å². The van der Waals surface area contributed by atoms with Crippen molar-refractivity contribution in [1.29, 1.82) is 0 Å². The van der Waals surface area contributed by atoms with E-state index < -0.39 is 6.04 Å². The van der Waals surface area contributed by atoms with Crippen LogP contribution in [0.3, 0.4) is 0 Å². The molecule has 0 bridgehead atoms. The fraction of sp³-hybridized carbons (Fsp3) is 0.211. The van der Waals surface area contributed by atoms with Crippen LogP contribution in [0.4, 0.5) is 0 Å². The lowest BCUT2D eigenvalue weighted by molar-refractivity contribution is -0.124. The van der Waals surface area contributed by atoms with Gasteiger partial charge in [0.1, 0.15) is 6.04 Å². The molecule has 1 unspecified atom stereocenters. The Labute approximate surface area is 144 Å². The maximum absolute atomic E-state index is 12.8. The van der Waals surface area contributed by atoms with Gasteiger partial charge in [-0.05, 0) is 35.2 Å². The molecule has 126 valence electrons. The highest BCUT2D eigenvalue weighted by atomic mass is 16.2. The van der Waals surface area contributed by atoms with E-state index in [0.717, 1.165) is 28.3 Å². The number of H-pyrrole nitrogens is 1. The van der Waals surface area contributed by atoms with Crippen LogP contribution in [0.15, 0.2) is 48.8 Å². The van der Waals surface area contributed by atoms with Crippen molar-refractivity contribution in [2.75, 3.05) is 6.54 Å². The van der Waals surface area contributed by atoms with Crippen molar-refractivity contribution < 1.29 is 9.59 Å². The zero-order valence-corrected chi connectivity index (χ0v) is 13.6. The highest BCUT2D eigenvalue weighted by Gasteiger charge is 2.24. The van der Waals surface area contributed by atoms with Crippen molar-refractivity contribution in [3.05, 3.63) is 54.4 Å². The van der Waals surface area contributed by atoms with Crippen molar-refractivity contribution in [1.82, 2.24) is 20.8 Å². The third-order valence-corrected chi connectivity index (χ3v) is 4.57. The Morgan fingerprint density at radius 1 is 1.16 bits per heavy atom. The molecule has 6 nitrogen and oxygen atoms in total. The molecule has 0 spiro atoms. The number of nitrogens with zero attached hydrogens (tertiary/aromatic N) is 1. The Bertz CT molecular complexity index is 934. The van der Waals surface area contributed by atoms with Gasteiger partial charge in [0.05, 0.1) is 6.20 Å². The summed E-state index contributed by atoms with van der Waals surface area (Å²) in [5.41, 5.74) is 2.55. The Morgan fingerprint density at radius 3 is 2.76 bits per heavy atom. The average Bonchev–Trinajstić information content (AvgIpc) is 3.17. The number of carbonyl (C=O) groups excluding carboxylic acids is 2. The van der Waals surface area contributed by atoms with E-state index in [1.165, 1.54) is 0 Å². The first-order valence-corrected chi connectivity index (χ1v) is 8.33. The molecular weight excluding hydrogens is 316 g/mol. The molecule has 1 fully saturated rings. The van der Waals surface area contributed by atoms with Gasteiger partial charge in [-0.3, -0.25) is 14.7 Å². The van der Waals surface area contributed by atoms with Gasteiger partial charge in [-0.25, -0.2) is 0 Å². The highest BCUT2D eigenvalue weighted by molar-refractivity contribution is 6.11. The van der Waals surface area contributed by atoms with Crippen LogP contribution in [0.5, 0.6) is 0 Å². The molecule has 1 aliphatic heterocycles. The van der Waals surface area contributed by atoms with Crippen LogP contribution in [-0.2, 0) is 4.79 Å². The molecule has 1 atom stereocenters. The summed E-state index contributed by atoms with van der Waals surface area (Å²) in [6.07, 6.45) is 5.13. The number of aromatic nitrogens is 2. The van der Waals surface area contributed by atoms with Crippen molar-refractivity contribution in [2.45, 2.75) is 18.9 Å². The molecule has 1 aliphatic rings. The molecule has 3 N–H and O–H groups in total. The average molecular weight is 334 g/mol. The van der Waals surface area contributed by atoms with E-state index >= 15 is 0 Å². The zero-order valence-electron chi connectivity index (χ0n) is 13.6. The number of nitrogens with one attached hydrogen (secondary N) is 3. The Morgan fingerprint density at radius 2 is 2.00 bits per heavy atom. The molecule has 2 amide bonds. The summed E-state index contributed by atoms with van der Waals surface area (Å²) in [7, 11) is 0. The Balaban J connectivity index is 1.72. The third-order valence-electron chi connectivity index (χ3n) is 4.57. The summed E-state index contributed by atoms with van der Waals surface area (Å²) in [5.74, 6) is -0.337. The lowest BCUT2D eigenvalue weighted by Gasteiger charge is -2.23. The number of fused-ring (bicyclic) bond motifs is 1. The normalized spacial score (nSPS) is 17.3. The summed E-state index contributed by atoms with van der Waals surface area (Å²) >= 11 is 0. The Kier molecular flexibility index (Phi) is 3.93. The highest BCUT2D eigenvalue weighted by Crippen LogP contribution is 2.30.